The Kier molecular flexibility index (Phi) is 5.00. The van der Waals surface area contributed by atoms with Crippen molar-refractivity contribution in [2.75, 3.05) is 11.5 Å². The quantitative estimate of drug-likeness (QED) is 0.436. The van der Waals surface area contributed by atoms with E-state index in [-0.39, 0.29) is 34.4 Å². The summed E-state index contributed by atoms with van der Waals surface area (Å²) >= 11 is 0. The van der Waals surface area contributed by atoms with Gasteiger partial charge in [-0.25, -0.2) is 8.78 Å². The Morgan fingerprint density at radius 3 is 1.61 bits per heavy atom. The van der Waals surface area contributed by atoms with E-state index < -0.39 is 23.4 Å². The fourth-order valence-corrected chi connectivity index (χ4v) is 2.27. The van der Waals surface area contributed by atoms with Gasteiger partial charge in [0.05, 0.1) is 16.9 Å². The number of halogens is 5. The molecule has 0 aromatic heterocycles. The highest BCUT2D eigenvalue weighted by Gasteiger charge is 2.31. The molecule has 4 N–H and O–H groups in total. The van der Waals surface area contributed by atoms with Crippen LogP contribution in [0.5, 0.6) is 23.0 Å². The number of nitrogen functional groups attached to an aromatic ring is 2. The van der Waals surface area contributed by atoms with Crippen molar-refractivity contribution in [3.63, 3.8) is 0 Å². The number of hydrogen-bond donors (Lipinski definition) is 2. The summed E-state index contributed by atoms with van der Waals surface area (Å²) < 4.78 is 76.7. The summed E-state index contributed by atoms with van der Waals surface area (Å²) in [5.41, 5.74) is 9.50. The number of nitrogens with two attached hydrogens (primary N) is 2. The molecule has 0 aliphatic heterocycles. The molecule has 0 amide bonds. The first-order valence-corrected chi connectivity index (χ1v) is 7.80. The monoisotopic (exact) mass is 396 g/mol. The molecule has 0 aliphatic carbocycles. The van der Waals surface area contributed by atoms with Gasteiger partial charge in [0.1, 0.15) is 23.1 Å². The Morgan fingerprint density at radius 2 is 1.14 bits per heavy atom. The van der Waals surface area contributed by atoms with Crippen molar-refractivity contribution in [3.8, 4) is 23.0 Å². The van der Waals surface area contributed by atoms with E-state index in [4.69, 9.17) is 20.9 Å². The summed E-state index contributed by atoms with van der Waals surface area (Å²) in [4.78, 5) is 0. The number of hydrogen-bond acceptors (Lipinski definition) is 4. The van der Waals surface area contributed by atoms with Gasteiger partial charge in [0.25, 0.3) is 0 Å². The Morgan fingerprint density at radius 1 is 0.643 bits per heavy atom. The Balaban J connectivity index is 2.00. The van der Waals surface area contributed by atoms with Crippen LogP contribution in [0.1, 0.15) is 5.56 Å². The van der Waals surface area contributed by atoms with Gasteiger partial charge < -0.3 is 20.9 Å². The van der Waals surface area contributed by atoms with Crippen LogP contribution in [0.25, 0.3) is 0 Å². The molecule has 3 aromatic rings. The molecule has 3 aromatic carbocycles. The van der Waals surface area contributed by atoms with Gasteiger partial charge in [-0.05, 0) is 42.5 Å². The van der Waals surface area contributed by atoms with Gasteiger partial charge in [-0.3, -0.25) is 0 Å². The average molecular weight is 396 g/mol. The predicted octanol–water partition coefficient (Wildman–Crippen LogP) is 5.73. The third-order valence-electron chi connectivity index (χ3n) is 3.66. The molecule has 0 unspecified atom stereocenters. The zero-order valence-corrected chi connectivity index (χ0v) is 14.1. The van der Waals surface area contributed by atoms with Crippen LogP contribution in [-0.4, -0.2) is 0 Å². The first-order valence-electron chi connectivity index (χ1n) is 7.80. The fourth-order valence-electron chi connectivity index (χ4n) is 2.27. The van der Waals surface area contributed by atoms with Gasteiger partial charge in [0.2, 0.25) is 0 Å². The van der Waals surface area contributed by atoms with E-state index in [2.05, 4.69) is 0 Å². The first-order chi connectivity index (χ1) is 13.1. The maximum atomic E-state index is 13.3. The highest BCUT2D eigenvalue weighted by atomic mass is 19.4. The number of benzene rings is 3. The molecule has 0 fully saturated rings. The minimum absolute atomic E-state index is 0.00157. The Labute approximate surface area is 156 Å². The normalized spacial score (nSPS) is 11.3. The van der Waals surface area contributed by atoms with Crippen molar-refractivity contribution >= 4 is 11.4 Å². The van der Waals surface area contributed by atoms with Crippen molar-refractivity contribution in [1.29, 1.82) is 0 Å². The molecule has 0 radical (unpaired) electrons. The second-order valence-corrected chi connectivity index (χ2v) is 5.73. The lowest BCUT2D eigenvalue weighted by atomic mass is 10.2. The van der Waals surface area contributed by atoms with E-state index in [0.717, 1.165) is 36.4 Å². The molecule has 0 atom stereocenters. The molecule has 0 saturated heterocycles. The number of anilines is 2. The number of ether oxygens (including phenoxy) is 2. The summed E-state index contributed by atoms with van der Waals surface area (Å²) in [7, 11) is 0. The Bertz CT molecular complexity index is 1020. The molecule has 28 heavy (non-hydrogen) atoms. The van der Waals surface area contributed by atoms with Gasteiger partial charge in [0, 0.05) is 12.1 Å². The van der Waals surface area contributed by atoms with Crippen molar-refractivity contribution in [1.82, 2.24) is 0 Å². The summed E-state index contributed by atoms with van der Waals surface area (Å²) in [6.07, 6.45) is -4.63. The summed E-state index contributed by atoms with van der Waals surface area (Å²) in [5, 5.41) is 0. The summed E-state index contributed by atoms with van der Waals surface area (Å²) in [6.45, 7) is 0. The smallest absolute Gasteiger partial charge is 0.416 e. The molecular formula is C19H13F5N2O2. The third-order valence-corrected chi connectivity index (χ3v) is 3.66. The predicted molar refractivity (Wildman–Crippen MR) is 93.2 cm³/mol. The number of rotatable bonds is 4. The molecular weight excluding hydrogens is 383 g/mol. The summed E-state index contributed by atoms with van der Waals surface area (Å²) in [5.74, 6) is -1.68. The van der Waals surface area contributed by atoms with Crippen molar-refractivity contribution in [2.45, 2.75) is 6.18 Å². The molecule has 4 nitrogen and oxygen atoms in total. The van der Waals surface area contributed by atoms with Crippen LogP contribution in [-0.2, 0) is 6.18 Å². The fraction of sp³-hybridized carbons (Fsp3) is 0.0526. The van der Waals surface area contributed by atoms with Gasteiger partial charge >= 0.3 is 6.18 Å². The third kappa shape index (κ3) is 4.25. The second kappa shape index (κ2) is 7.26. The average Bonchev–Trinajstić information content (AvgIpc) is 2.62. The number of alkyl halides is 3. The zero-order chi connectivity index (χ0) is 20.5. The second-order valence-electron chi connectivity index (χ2n) is 5.73. The summed E-state index contributed by atoms with van der Waals surface area (Å²) in [6, 6.07) is 9.38. The minimum Gasteiger partial charge on any atom is -0.453 e. The van der Waals surface area contributed by atoms with E-state index in [0.29, 0.717) is 0 Å². The van der Waals surface area contributed by atoms with Crippen LogP contribution in [0.3, 0.4) is 0 Å². The van der Waals surface area contributed by atoms with Gasteiger partial charge in [-0.1, -0.05) is 0 Å². The van der Waals surface area contributed by atoms with Gasteiger partial charge in [-0.2, -0.15) is 13.2 Å². The van der Waals surface area contributed by atoms with Crippen LogP contribution < -0.4 is 20.9 Å². The maximum Gasteiger partial charge on any atom is 0.416 e. The van der Waals surface area contributed by atoms with Gasteiger partial charge in [0.15, 0.2) is 11.5 Å². The molecule has 3 rings (SSSR count). The molecule has 0 heterocycles. The molecule has 9 heteroatoms. The van der Waals surface area contributed by atoms with Crippen LogP contribution in [0.2, 0.25) is 0 Å². The van der Waals surface area contributed by atoms with E-state index >= 15 is 0 Å². The largest absolute Gasteiger partial charge is 0.453 e. The lowest BCUT2D eigenvalue weighted by molar-refractivity contribution is -0.137. The standard InChI is InChI=1S/C19H13F5N2O2/c20-13-4-2-11(8-15(13)25)27-17-6-1-10(19(22,23)24)7-18(17)28-12-3-5-14(21)16(26)9-12/h1-9H,25-26H2. The SMILES string of the molecule is Nc1cc(Oc2ccc(C(F)(F)F)cc2Oc2ccc(F)c(N)c2)ccc1F. The van der Waals surface area contributed by atoms with E-state index in [1.165, 1.54) is 18.2 Å². The Hall–Kier alpha value is -3.49. The maximum absolute atomic E-state index is 13.3. The molecule has 0 saturated carbocycles. The van der Waals surface area contributed by atoms with Crippen molar-refractivity contribution in [2.24, 2.45) is 0 Å². The zero-order valence-electron chi connectivity index (χ0n) is 14.1. The van der Waals surface area contributed by atoms with E-state index in [1.54, 1.807) is 0 Å². The van der Waals surface area contributed by atoms with E-state index in [1.807, 2.05) is 0 Å². The van der Waals surface area contributed by atoms with Crippen molar-refractivity contribution < 1.29 is 31.4 Å². The molecule has 0 spiro atoms. The van der Waals surface area contributed by atoms with Crippen molar-refractivity contribution in [3.05, 3.63) is 71.8 Å². The minimum atomic E-state index is -4.63. The lowest BCUT2D eigenvalue weighted by Crippen LogP contribution is -2.05. The highest BCUT2D eigenvalue weighted by molar-refractivity contribution is 5.52. The topological polar surface area (TPSA) is 70.5 Å². The molecule has 146 valence electrons. The van der Waals surface area contributed by atoms with Crippen LogP contribution in [0, 0.1) is 11.6 Å². The lowest BCUT2D eigenvalue weighted by Gasteiger charge is -2.15. The van der Waals surface area contributed by atoms with E-state index in [9.17, 15) is 22.0 Å². The molecule has 0 bridgehead atoms. The van der Waals surface area contributed by atoms with Gasteiger partial charge in [-0.15, -0.1) is 0 Å². The van der Waals surface area contributed by atoms with Crippen LogP contribution >= 0.6 is 0 Å². The highest BCUT2D eigenvalue weighted by Crippen LogP contribution is 2.40. The van der Waals surface area contributed by atoms with Crippen LogP contribution in [0.4, 0.5) is 33.3 Å². The first kappa shape index (κ1) is 19.3. The van der Waals surface area contributed by atoms with Crippen LogP contribution in [0.15, 0.2) is 54.6 Å². The molecule has 0 aliphatic rings.